The normalized spacial score (nSPS) is 13.8. The van der Waals surface area contributed by atoms with Crippen molar-refractivity contribution in [1.82, 2.24) is 0 Å². The van der Waals surface area contributed by atoms with Crippen LogP contribution < -0.4 is 0 Å². The molecular weight excluding hydrogens is 1330 g/mol. The lowest BCUT2D eigenvalue weighted by atomic mass is 10.0. The summed E-state index contributed by atoms with van der Waals surface area (Å²) in [6.45, 7) is 5.01. The van der Waals surface area contributed by atoms with E-state index in [-0.39, 0.29) is 25.7 Å². The van der Waals surface area contributed by atoms with Crippen LogP contribution in [0.15, 0.2) is 0 Å². The Morgan fingerprint density at radius 2 is 0.392 bits per heavy atom. The highest BCUT2D eigenvalue weighted by molar-refractivity contribution is 7.47. The Morgan fingerprint density at radius 3 is 0.578 bits per heavy atom. The van der Waals surface area contributed by atoms with Crippen molar-refractivity contribution in [3.8, 4) is 0 Å². The zero-order valence-corrected chi connectivity index (χ0v) is 68.4. The van der Waals surface area contributed by atoms with Gasteiger partial charge in [0.1, 0.15) is 19.3 Å². The van der Waals surface area contributed by atoms with E-state index in [1.165, 1.54) is 283 Å². The number of esters is 4. The molecule has 19 heteroatoms. The highest BCUT2D eigenvalue weighted by Gasteiger charge is 2.30. The molecule has 2 unspecified atom stereocenters. The third-order valence-corrected chi connectivity index (χ3v) is 21.5. The predicted octanol–water partition coefficient (Wildman–Crippen LogP) is 25.4. The summed E-state index contributed by atoms with van der Waals surface area (Å²) < 4.78 is 68.7. The first-order valence-electron chi connectivity index (χ1n) is 43.3. The zero-order chi connectivity index (χ0) is 74.6. The fourth-order valence-corrected chi connectivity index (χ4v) is 14.6. The van der Waals surface area contributed by atoms with Crippen molar-refractivity contribution in [3.05, 3.63) is 0 Å². The number of phosphoric acid groups is 2. The van der Waals surface area contributed by atoms with Crippen LogP contribution >= 0.6 is 15.6 Å². The minimum absolute atomic E-state index is 0.108. The lowest BCUT2D eigenvalue weighted by Gasteiger charge is -2.21. The number of rotatable bonds is 84. The van der Waals surface area contributed by atoms with E-state index in [0.717, 1.165) is 89.9 Å². The van der Waals surface area contributed by atoms with E-state index in [0.29, 0.717) is 25.7 Å². The highest BCUT2D eigenvalue weighted by atomic mass is 31.2. The zero-order valence-electron chi connectivity index (χ0n) is 66.6. The molecule has 0 aromatic carbocycles. The fourth-order valence-electron chi connectivity index (χ4n) is 13.0. The van der Waals surface area contributed by atoms with E-state index >= 15 is 0 Å². The molecule has 5 atom stereocenters. The molecule has 0 aliphatic rings. The first kappa shape index (κ1) is 100. The Balaban J connectivity index is 5.16. The fraction of sp³-hybridized carbons (Fsp3) is 0.952. The number of aliphatic hydroxyl groups is 1. The number of carbonyl (C=O) groups excluding carboxylic acids is 4. The summed E-state index contributed by atoms with van der Waals surface area (Å²) in [5, 5.41) is 10.6. The van der Waals surface area contributed by atoms with Gasteiger partial charge < -0.3 is 33.8 Å². The average Bonchev–Trinajstić information content (AvgIpc) is 0.911. The van der Waals surface area contributed by atoms with Gasteiger partial charge in [0.25, 0.3) is 0 Å². The molecule has 0 rings (SSSR count). The number of unbranched alkanes of at least 4 members (excludes halogenated alkanes) is 58. The van der Waals surface area contributed by atoms with Crippen molar-refractivity contribution >= 4 is 39.5 Å². The summed E-state index contributed by atoms with van der Waals surface area (Å²) in [5.41, 5.74) is 0. The Hall–Kier alpha value is -1.94. The molecule has 0 saturated heterocycles. The molecule has 0 aromatic rings. The molecule has 0 aliphatic carbocycles. The van der Waals surface area contributed by atoms with E-state index < -0.39 is 97.5 Å². The van der Waals surface area contributed by atoms with Gasteiger partial charge >= 0.3 is 39.5 Å². The van der Waals surface area contributed by atoms with Crippen LogP contribution in [0, 0.1) is 0 Å². The van der Waals surface area contributed by atoms with E-state index in [9.17, 15) is 43.2 Å². The van der Waals surface area contributed by atoms with Gasteiger partial charge in [0, 0.05) is 25.7 Å². The summed E-state index contributed by atoms with van der Waals surface area (Å²) in [6, 6.07) is 0. The second kappa shape index (κ2) is 77.2. The summed E-state index contributed by atoms with van der Waals surface area (Å²) in [5.74, 6) is -2.11. The molecule has 0 saturated carbocycles. The molecule has 0 spiro atoms. The van der Waals surface area contributed by atoms with Crippen molar-refractivity contribution < 1.29 is 80.2 Å². The van der Waals surface area contributed by atoms with Gasteiger partial charge in [-0.25, -0.2) is 9.13 Å². The maximum atomic E-state index is 13.1. The van der Waals surface area contributed by atoms with E-state index in [4.69, 9.17) is 37.0 Å². The van der Waals surface area contributed by atoms with Gasteiger partial charge in [0.2, 0.25) is 0 Å². The summed E-state index contributed by atoms with van der Waals surface area (Å²) >= 11 is 0. The number of hydrogen-bond acceptors (Lipinski definition) is 15. The van der Waals surface area contributed by atoms with Gasteiger partial charge in [0.15, 0.2) is 12.2 Å². The minimum atomic E-state index is -4.96. The van der Waals surface area contributed by atoms with Gasteiger partial charge in [-0.3, -0.25) is 37.3 Å². The minimum Gasteiger partial charge on any atom is -0.462 e. The van der Waals surface area contributed by atoms with E-state index in [1.807, 2.05) is 0 Å². The van der Waals surface area contributed by atoms with Crippen LogP contribution in [0.4, 0.5) is 0 Å². The number of ether oxygens (including phenoxy) is 4. The molecule has 0 fully saturated rings. The van der Waals surface area contributed by atoms with Gasteiger partial charge in [-0.2, -0.15) is 0 Å². The van der Waals surface area contributed by atoms with Crippen LogP contribution in [0.5, 0.6) is 0 Å². The monoisotopic (exact) mass is 1490 g/mol. The molecule has 0 radical (unpaired) electrons. The third-order valence-electron chi connectivity index (χ3n) is 19.6. The maximum Gasteiger partial charge on any atom is 0.472 e. The van der Waals surface area contributed by atoms with Crippen molar-refractivity contribution in [2.75, 3.05) is 39.6 Å². The average molecular weight is 1490 g/mol. The molecule has 0 amide bonds. The lowest BCUT2D eigenvalue weighted by molar-refractivity contribution is -0.161. The quantitative estimate of drug-likeness (QED) is 0.0222. The van der Waals surface area contributed by atoms with Crippen LogP contribution in [0.2, 0.25) is 0 Å². The second-order valence-electron chi connectivity index (χ2n) is 29.9. The van der Waals surface area contributed by atoms with Gasteiger partial charge in [-0.1, -0.05) is 400 Å². The standard InChI is InChI=1S/C83H162O17P2/c1-5-9-13-17-21-25-28-30-32-34-36-38-40-42-44-46-49-52-56-60-64-68-81(86)94-74-79(100-83(88)70-66-62-58-54-50-47-45-43-41-39-37-35-33-31-29-26-22-18-14-10-6-2)76-98-102(91,92)96-72-77(84)71-95-101(89,90)97-75-78(73-93-80(85)67-63-59-55-51-24-20-16-12-8-4)99-82(87)69-65-61-57-53-48-27-23-19-15-11-7-3/h77-79,84H,5-76H2,1-4H3,(H,89,90)(H,91,92)/t77-,78+,79+/m0/s1. The van der Waals surface area contributed by atoms with Crippen molar-refractivity contribution in [1.29, 1.82) is 0 Å². The van der Waals surface area contributed by atoms with Crippen LogP contribution in [0.1, 0.15) is 451 Å². The van der Waals surface area contributed by atoms with Gasteiger partial charge in [-0.05, 0) is 25.7 Å². The molecule has 0 aromatic heterocycles. The highest BCUT2D eigenvalue weighted by Crippen LogP contribution is 2.45. The molecule has 0 heterocycles. The van der Waals surface area contributed by atoms with Gasteiger partial charge in [-0.15, -0.1) is 0 Å². The van der Waals surface area contributed by atoms with Crippen LogP contribution in [-0.2, 0) is 65.4 Å². The molecule has 3 N–H and O–H groups in total. The predicted molar refractivity (Wildman–Crippen MR) is 419 cm³/mol. The number of hydrogen-bond donors (Lipinski definition) is 3. The molecular formula is C83H162O17P2. The first-order valence-corrected chi connectivity index (χ1v) is 46.3. The summed E-state index contributed by atoms with van der Waals surface area (Å²) in [4.78, 5) is 73.0. The number of carbonyl (C=O) groups is 4. The molecule has 606 valence electrons. The van der Waals surface area contributed by atoms with E-state index in [1.54, 1.807) is 0 Å². The smallest absolute Gasteiger partial charge is 0.462 e. The first-order chi connectivity index (χ1) is 49.7. The molecule has 17 nitrogen and oxygen atoms in total. The van der Waals surface area contributed by atoms with Gasteiger partial charge in [0.05, 0.1) is 26.4 Å². The molecule has 0 bridgehead atoms. The molecule has 102 heavy (non-hydrogen) atoms. The van der Waals surface area contributed by atoms with Crippen LogP contribution in [-0.4, -0.2) is 96.7 Å². The summed E-state index contributed by atoms with van der Waals surface area (Å²) in [7, 11) is -9.91. The third kappa shape index (κ3) is 76.3. The lowest BCUT2D eigenvalue weighted by Crippen LogP contribution is -2.30. The largest absolute Gasteiger partial charge is 0.472 e. The topological polar surface area (TPSA) is 237 Å². The van der Waals surface area contributed by atoms with Crippen molar-refractivity contribution in [2.24, 2.45) is 0 Å². The Morgan fingerprint density at radius 1 is 0.235 bits per heavy atom. The summed E-state index contributed by atoms with van der Waals surface area (Å²) in [6.07, 6.45) is 71.0. The number of aliphatic hydroxyl groups excluding tert-OH is 1. The second-order valence-corrected chi connectivity index (χ2v) is 32.8. The Bertz CT molecular complexity index is 1930. The Kier molecular flexibility index (Phi) is 75.8. The van der Waals surface area contributed by atoms with E-state index in [2.05, 4.69) is 27.7 Å². The maximum absolute atomic E-state index is 13.1. The van der Waals surface area contributed by atoms with Crippen LogP contribution in [0.25, 0.3) is 0 Å². The number of phosphoric ester groups is 2. The van der Waals surface area contributed by atoms with Crippen LogP contribution in [0.3, 0.4) is 0 Å². The SMILES string of the molecule is CCCCCCCCCCCCCCCCCCCCCCCC(=O)OC[C@H](COP(=O)(O)OC[C@@H](O)COP(=O)(O)OC[C@@H](COC(=O)CCCCCCCCCCC)OC(=O)CCCCCCCCCCCCC)OC(=O)CCCCCCCCCCCCCCCCCCCCCCC. The molecule has 0 aliphatic heterocycles. The van der Waals surface area contributed by atoms with Crippen molar-refractivity contribution in [2.45, 2.75) is 470 Å². The Labute approximate surface area is 626 Å². The van der Waals surface area contributed by atoms with Crippen molar-refractivity contribution in [3.63, 3.8) is 0 Å².